The fourth-order valence-corrected chi connectivity index (χ4v) is 11.2. The zero-order chi connectivity index (χ0) is 54.9. The minimum atomic E-state index is -7.22. The van der Waals surface area contributed by atoms with Crippen molar-refractivity contribution in [1.29, 1.82) is 0 Å². The molecule has 386 valence electrons. The van der Waals surface area contributed by atoms with Crippen molar-refractivity contribution in [3.63, 3.8) is 0 Å². The van der Waals surface area contributed by atoms with Crippen LogP contribution in [0.25, 0.3) is 21.8 Å². The minimum absolute atomic E-state index is 0.0720. The van der Waals surface area contributed by atoms with Crippen molar-refractivity contribution in [2.45, 2.75) is 13.5 Å². The highest BCUT2D eigenvalue weighted by molar-refractivity contribution is 7.20. The van der Waals surface area contributed by atoms with Gasteiger partial charge in [-0.25, -0.2) is 87.8 Å². The quantitative estimate of drug-likeness (QED) is 0.0354. The molecule has 0 spiro atoms. The third-order valence-corrected chi connectivity index (χ3v) is 14.7. The summed E-state index contributed by atoms with van der Waals surface area (Å²) in [6, 6.07) is 33.2. The van der Waals surface area contributed by atoms with Gasteiger partial charge in [0.25, 0.3) is 0 Å². The monoisotopic (exact) mass is 1180 g/mol. The summed E-state index contributed by atoms with van der Waals surface area (Å²) < 4.78 is 299. The van der Waals surface area contributed by atoms with Crippen LogP contribution in [-0.4, -0.2) is 16.5 Å². The average Bonchev–Trinajstić information content (AvgIpc) is 3.73. The molecule has 75 heavy (non-hydrogen) atoms. The van der Waals surface area contributed by atoms with E-state index in [1.807, 2.05) is 36.4 Å². The lowest BCUT2D eigenvalue weighted by Crippen LogP contribution is -3.61. The van der Waals surface area contributed by atoms with E-state index in [0.717, 1.165) is 23.1 Å². The largest absolute Gasteiger partial charge is 0.357 e. The normalized spacial score (nSPS) is 11.7. The molecular formula is C51H21BF20INO. The van der Waals surface area contributed by atoms with Gasteiger partial charge in [0.2, 0.25) is 0 Å². The van der Waals surface area contributed by atoms with Gasteiger partial charge in [-0.15, -0.1) is 21.9 Å². The number of hydrogen-bond donors (Lipinski definition) is 0. The van der Waals surface area contributed by atoms with Crippen LogP contribution in [-0.2, 0) is 6.54 Å². The predicted molar refractivity (Wildman–Crippen MR) is 228 cm³/mol. The Bertz CT molecular complexity index is 3430. The van der Waals surface area contributed by atoms with E-state index in [0.29, 0.717) is 0 Å². The van der Waals surface area contributed by atoms with Gasteiger partial charge in [0.15, 0.2) is 82.7 Å². The number of carbonyl (C=O) groups excluding carboxylic acids is 1. The van der Waals surface area contributed by atoms with Gasteiger partial charge in [-0.2, -0.15) is 0 Å². The van der Waals surface area contributed by atoms with Gasteiger partial charge in [0, 0.05) is 45.5 Å². The van der Waals surface area contributed by atoms with E-state index in [2.05, 4.69) is 72.2 Å². The van der Waals surface area contributed by atoms with Gasteiger partial charge in [0.1, 0.15) is 52.7 Å². The summed E-state index contributed by atoms with van der Waals surface area (Å²) >= 11 is -0.232. The zero-order valence-corrected chi connectivity index (χ0v) is 39.0. The number of rotatable bonds is 9. The molecule has 0 unspecified atom stereocenters. The Kier molecular flexibility index (Phi) is 14.7. The molecule has 0 atom stereocenters. The summed E-state index contributed by atoms with van der Waals surface area (Å²) in [5.74, 6) is -71.3. The SMILES string of the molecule is CCn1c2ccc([I+]c3ccccc3)cc2c2cc(C(=O)c3ccccc3)ccc21.Fc1c(F)c(F)c([B-](c2c(F)c(F)c(F)c(F)c2F)(c2c(F)c(F)c(F)c(F)c2F)c2c(F)c(F)c(F)c(F)c2F)c(F)c1F. The number of hydrogen-bond acceptors (Lipinski definition) is 1. The van der Waals surface area contributed by atoms with Gasteiger partial charge in [-0.1, -0.05) is 48.5 Å². The van der Waals surface area contributed by atoms with Gasteiger partial charge >= 0.3 is 21.2 Å². The number of ketones is 1. The van der Waals surface area contributed by atoms with Gasteiger partial charge in [-0.3, -0.25) is 4.79 Å². The van der Waals surface area contributed by atoms with Crippen LogP contribution < -0.4 is 43.1 Å². The molecule has 0 aliphatic rings. The second kappa shape index (κ2) is 20.4. The zero-order valence-electron chi connectivity index (χ0n) is 36.8. The van der Waals surface area contributed by atoms with Crippen LogP contribution in [0.3, 0.4) is 0 Å². The maximum Gasteiger partial charge on any atom is 0.357 e. The van der Waals surface area contributed by atoms with Crippen molar-refractivity contribution < 1.29 is 114 Å². The fraction of sp³-hybridized carbons (Fsp3) is 0.0392. The molecule has 0 bridgehead atoms. The summed E-state index contributed by atoms with van der Waals surface area (Å²) in [6.45, 7) is 3.08. The lowest BCUT2D eigenvalue weighted by atomic mass is 9.12. The Balaban J connectivity index is 0.000000215. The van der Waals surface area contributed by atoms with E-state index in [-0.39, 0.29) is 27.0 Å². The van der Waals surface area contributed by atoms with E-state index in [9.17, 15) is 57.5 Å². The van der Waals surface area contributed by atoms with Crippen molar-refractivity contribution in [2.24, 2.45) is 0 Å². The van der Waals surface area contributed by atoms with Crippen LogP contribution in [0.1, 0.15) is 22.8 Å². The summed E-state index contributed by atoms with van der Waals surface area (Å²) in [7, 11) is 0. The molecule has 0 fully saturated rings. The Labute approximate surface area is 417 Å². The fourth-order valence-electron chi connectivity index (χ4n) is 8.85. The summed E-state index contributed by atoms with van der Waals surface area (Å²) in [5.41, 5.74) is -10.4. The predicted octanol–water partition coefficient (Wildman–Crippen LogP) is 9.02. The molecule has 2 nitrogen and oxygen atoms in total. The molecular weight excluding hydrogens is 1160 g/mol. The molecule has 24 heteroatoms. The first-order valence-corrected chi connectivity index (χ1v) is 23.2. The van der Waals surface area contributed by atoms with Gasteiger partial charge in [0.05, 0.1) is 0 Å². The maximum absolute atomic E-state index is 15.4. The molecule has 0 aliphatic carbocycles. The van der Waals surface area contributed by atoms with Crippen molar-refractivity contribution in [3.8, 4) is 0 Å². The first-order valence-electron chi connectivity index (χ1n) is 21.0. The smallest absolute Gasteiger partial charge is 0.341 e. The molecule has 1 heterocycles. The highest BCUT2D eigenvalue weighted by atomic mass is 127. The van der Waals surface area contributed by atoms with E-state index in [1.165, 1.54) is 23.6 Å². The van der Waals surface area contributed by atoms with E-state index >= 15 is 35.1 Å². The van der Waals surface area contributed by atoms with Crippen molar-refractivity contribution in [3.05, 3.63) is 232 Å². The van der Waals surface area contributed by atoms with Crippen LogP contribution >= 0.6 is 0 Å². The first kappa shape index (κ1) is 53.9. The maximum atomic E-state index is 15.4. The Morgan fingerprint density at radius 3 is 1.01 bits per heavy atom. The Morgan fingerprint density at radius 1 is 0.360 bits per heavy atom. The van der Waals surface area contributed by atoms with Crippen molar-refractivity contribution >= 4 is 55.6 Å². The summed E-state index contributed by atoms with van der Waals surface area (Å²) in [6.07, 6.45) is -7.22. The van der Waals surface area contributed by atoms with Gasteiger partial charge in [-0.05, 0) is 49.4 Å². The van der Waals surface area contributed by atoms with E-state index in [1.54, 1.807) is 0 Å². The first-order chi connectivity index (χ1) is 35.4. The molecule has 9 aromatic rings. The number of halogens is 21. The van der Waals surface area contributed by atoms with Crippen LogP contribution in [0, 0.1) is 123 Å². The van der Waals surface area contributed by atoms with E-state index < -0.39 is 144 Å². The molecule has 0 radical (unpaired) electrons. The molecule has 8 aromatic carbocycles. The van der Waals surface area contributed by atoms with Crippen LogP contribution in [0.2, 0.25) is 0 Å². The highest BCUT2D eigenvalue weighted by Gasteiger charge is 2.52. The number of aryl methyl sites for hydroxylation is 1. The Morgan fingerprint density at radius 2 is 0.667 bits per heavy atom. The number of nitrogens with zero attached hydrogens (tertiary/aromatic N) is 1. The molecule has 9 rings (SSSR count). The van der Waals surface area contributed by atoms with Crippen molar-refractivity contribution in [2.75, 3.05) is 0 Å². The third-order valence-electron chi connectivity index (χ3n) is 12.1. The number of aromatic nitrogens is 1. The second-order valence-electron chi connectivity index (χ2n) is 16.0. The molecule has 1 aromatic heterocycles. The average molecular weight is 1180 g/mol. The Hall–Kier alpha value is -7.38. The van der Waals surface area contributed by atoms with E-state index in [4.69, 9.17) is 0 Å². The molecule has 0 aliphatic heterocycles. The lowest BCUT2D eigenvalue weighted by molar-refractivity contribution is -0.597. The minimum Gasteiger partial charge on any atom is -0.341 e. The standard InChI is InChI=1S/C27H21INO.C24BF20/c1-2-29-25-15-13-20(27(30)19-9-5-3-6-10-19)17-23(25)24-18-22(14-16-26(24)29)28-21-11-7-4-8-12-21;26-5-1(6(27)14(35)21(42)13(5)34)25(2-7(28)15(36)22(43)16(37)8(2)29,3-9(30)17(38)23(44)18(39)10(3)31)4-11(32)19(40)24(45)20(41)12(4)33/h3-18H,2H2,1H3;/q+1;-1. The lowest BCUT2D eigenvalue weighted by Gasteiger charge is -2.44. The van der Waals surface area contributed by atoms with Gasteiger partial charge < -0.3 is 4.57 Å². The number of fused-ring (bicyclic) bond motifs is 3. The topological polar surface area (TPSA) is 22.0 Å². The van der Waals surface area contributed by atoms with Crippen molar-refractivity contribution in [1.82, 2.24) is 4.57 Å². The molecule has 0 saturated heterocycles. The van der Waals surface area contributed by atoms with Crippen LogP contribution in [0.5, 0.6) is 0 Å². The van der Waals surface area contributed by atoms with Crippen LogP contribution in [0.15, 0.2) is 97.1 Å². The summed E-state index contributed by atoms with van der Waals surface area (Å²) in [5, 5.41) is 2.40. The van der Waals surface area contributed by atoms with Crippen LogP contribution in [0.4, 0.5) is 87.8 Å². The molecule has 0 saturated carbocycles. The summed E-state index contributed by atoms with van der Waals surface area (Å²) in [4.78, 5) is 13.0. The third kappa shape index (κ3) is 8.53. The second-order valence-corrected chi connectivity index (χ2v) is 19.1. The number of benzene rings is 8. The molecule has 0 amide bonds. The highest BCUT2D eigenvalue weighted by Crippen LogP contribution is 2.33. The molecule has 0 N–H and O–H groups in total. The number of carbonyl (C=O) groups is 1.